The van der Waals surface area contributed by atoms with Crippen LogP contribution < -0.4 is 5.48 Å². The summed E-state index contributed by atoms with van der Waals surface area (Å²) in [5.41, 5.74) is 3.77. The van der Waals surface area contributed by atoms with Gasteiger partial charge in [-0.15, -0.1) is 0 Å². The number of rotatable bonds is 3. The maximum Gasteiger partial charge on any atom is 0.275 e. The fourth-order valence-electron chi connectivity index (χ4n) is 1.18. The van der Waals surface area contributed by atoms with Gasteiger partial charge in [-0.3, -0.25) is 9.63 Å². The number of hydrogen-bond donors (Lipinski definition) is 1. The Balaban J connectivity index is 3.00. The maximum absolute atomic E-state index is 11.5. The van der Waals surface area contributed by atoms with Gasteiger partial charge in [-0.25, -0.2) is 5.48 Å². The van der Waals surface area contributed by atoms with Crippen molar-refractivity contribution in [3.63, 3.8) is 0 Å². The van der Waals surface area contributed by atoms with Crippen molar-refractivity contribution < 1.29 is 9.63 Å². The number of carbonyl (C=O) groups excluding carboxylic acids is 1. The first kappa shape index (κ1) is 10.5. The van der Waals surface area contributed by atoms with E-state index in [4.69, 9.17) is 0 Å². The summed E-state index contributed by atoms with van der Waals surface area (Å²) in [7, 11) is 1.41. The van der Waals surface area contributed by atoms with Crippen molar-refractivity contribution >= 4 is 12.0 Å². The lowest BCUT2D eigenvalue weighted by Crippen LogP contribution is -2.22. The highest BCUT2D eigenvalue weighted by Gasteiger charge is 2.07. The molecule has 1 aromatic rings. The average molecular weight is 191 g/mol. The first-order valence-corrected chi connectivity index (χ1v) is 4.34. The van der Waals surface area contributed by atoms with Gasteiger partial charge in [-0.2, -0.15) is 0 Å². The smallest absolute Gasteiger partial charge is 0.275 e. The molecule has 0 atom stereocenters. The zero-order valence-electron chi connectivity index (χ0n) is 8.28. The van der Waals surface area contributed by atoms with Gasteiger partial charge in [0.1, 0.15) is 0 Å². The lowest BCUT2D eigenvalue weighted by Gasteiger charge is -2.04. The van der Waals surface area contributed by atoms with Gasteiger partial charge < -0.3 is 0 Å². The van der Waals surface area contributed by atoms with E-state index in [0.29, 0.717) is 5.56 Å². The molecule has 3 heteroatoms. The van der Waals surface area contributed by atoms with Gasteiger partial charge in [-0.05, 0) is 18.6 Å². The predicted molar refractivity (Wildman–Crippen MR) is 55.6 cm³/mol. The molecule has 0 aromatic heterocycles. The van der Waals surface area contributed by atoms with E-state index >= 15 is 0 Å². The van der Waals surface area contributed by atoms with Crippen molar-refractivity contribution in [1.29, 1.82) is 0 Å². The fraction of sp³-hybridized carbons (Fsp3) is 0.182. The zero-order valence-corrected chi connectivity index (χ0v) is 8.28. The molecule has 0 unspecified atom stereocenters. The minimum Gasteiger partial charge on any atom is -0.277 e. The molecule has 0 aliphatic heterocycles. The van der Waals surface area contributed by atoms with Gasteiger partial charge in [0, 0.05) is 5.56 Å². The van der Waals surface area contributed by atoms with Crippen molar-refractivity contribution in [2.24, 2.45) is 0 Å². The average Bonchev–Trinajstić information content (AvgIpc) is 2.19. The molecule has 74 valence electrons. The molecule has 1 N–H and O–H groups in total. The van der Waals surface area contributed by atoms with Crippen LogP contribution in [0.25, 0.3) is 6.08 Å². The van der Waals surface area contributed by atoms with Crippen molar-refractivity contribution in [1.82, 2.24) is 5.48 Å². The summed E-state index contributed by atoms with van der Waals surface area (Å²) >= 11 is 0. The highest BCUT2D eigenvalue weighted by Crippen LogP contribution is 2.10. The highest BCUT2D eigenvalue weighted by atomic mass is 16.6. The molecule has 14 heavy (non-hydrogen) atoms. The monoisotopic (exact) mass is 191 g/mol. The molecule has 0 spiro atoms. The van der Waals surface area contributed by atoms with Crippen LogP contribution in [0, 0.1) is 0 Å². The van der Waals surface area contributed by atoms with Crippen molar-refractivity contribution in [3.05, 3.63) is 41.5 Å². The van der Waals surface area contributed by atoms with Gasteiger partial charge in [0.05, 0.1) is 7.11 Å². The van der Waals surface area contributed by atoms with Crippen molar-refractivity contribution in [2.75, 3.05) is 7.11 Å². The van der Waals surface area contributed by atoms with E-state index in [1.165, 1.54) is 7.11 Å². The van der Waals surface area contributed by atoms with Crippen LogP contribution in [0.2, 0.25) is 0 Å². The molecule has 0 saturated heterocycles. The standard InChI is InChI=1S/C11H13NO2/c1-3-6-9-7-4-5-8-10(9)11(13)12-14-2/h3-8H,1-2H3,(H,12,13)/b6-3+. The lowest BCUT2D eigenvalue weighted by atomic mass is 10.1. The third-order valence-electron chi connectivity index (χ3n) is 1.75. The van der Waals surface area contributed by atoms with E-state index in [-0.39, 0.29) is 5.91 Å². The van der Waals surface area contributed by atoms with Crippen LogP contribution in [0.5, 0.6) is 0 Å². The molecule has 0 fully saturated rings. The van der Waals surface area contributed by atoms with Gasteiger partial charge in [0.2, 0.25) is 0 Å². The van der Waals surface area contributed by atoms with E-state index in [1.54, 1.807) is 6.07 Å². The van der Waals surface area contributed by atoms with Crippen LogP contribution in [0.4, 0.5) is 0 Å². The second-order valence-corrected chi connectivity index (χ2v) is 2.72. The zero-order chi connectivity index (χ0) is 10.4. The normalized spacial score (nSPS) is 10.4. The molecule has 0 aliphatic rings. The first-order valence-electron chi connectivity index (χ1n) is 4.34. The second-order valence-electron chi connectivity index (χ2n) is 2.72. The van der Waals surface area contributed by atoms with E-state index in [0.717, 1.165) is 5.56 Å². The summed E-state index contributed by atoms with van der Waals surface area (Å²) in [6.45, 7) is 1.91. The molecule has 3 nitrogen and oxygen atoms in total. The molecule has 1 aromatic carbocycles. The highest BCUT2D eigenvalue weighted by molar-refractivity contribution is 5.97. The van der Waals surface area contributed by atoms with Gasteiger partial charge in [-0.1, -0.05) is 30.4 Å². The summed E-state index contributed by atoms with van der Waals surface area (Å²) in [5, 5.41) is 0. The Bertz CT molecular complexity index is 345. The summed E-state index contributed by atoms with van der Waals surface area (Å²) in [4.78, 5) is 16.0. The fourth-order valence-corrected chi connectivity index (χ4v) is 1.18. The molecule has 1 amide bonds. The Labute approximate surface area is 83.3 Å². The molecule has 0 radical (unpaired) electrons. The summed E-state index contributed by atoms with van der Waals surface area (Å²) in [6, 6.07) is 7.34. The number of nitrogens with one attached hydrogen (secondary N) is 1. The van der Waals surface area contributed by atoms with Crippen LogP contribution in [0.1, 0.15) is 22.8 Å². The minimum atomic E-state index is -0.235. The van der Waals surface area contributed by atoms with Crippen LogP contribution in [-0.2, 0) is 4.84 Å². The van der Waals surface area contributed by atoms with Crippen molar-refractivity contribution in [2.45, 2.75) is 6.92 Å². The van der Waals surface area contributed by atoms with Crippen molar-refractivity contribution in [3.8, 4) is 0 Å². The van der Waals surface area contributed by atoms with Gasteiger partial charge in [0.25, 0.3) is 5.91 Å². The number of hydrogen-bond acceptors (Lipinski definition) is 2. The Morgan fingerprint density at radius 3 is 2.79 bits per heavy atom. The third kappa shape index (κ3) is 2.44. The molecule has 0 bridgehead atoms. The topological polar surface area (TPSA) is 38.3 Å². The largest absolute Gasteiger partial charge is 0.277 e. The minimum absolute atomic E-state index is 0.235. The molecule has 0 saturated carbocycles. The Kier molecular flexibility index (Phi) is 3.88. The number of allylic oxidation sites excluding steroid dienone is 1. The summed E-state index contributed by atoms with van der Waals surface area (Å²) in [5.74, 6) is -0.235. The van der Waals surface area contributed by atoms with E-state index < -0.39 is 0 Å². The Morgan fingerprint density at radius 2 is 2.14 bits per heavy atom. The Hall–Kier alpha value is -1.61. The molecule has 1 rings (SSSR count). The van der Waals surface area contributed by atoms with Gasteiger partial charge >= 0.3 is 0 Å². The molecule has 0 heterocycles. The Morgan fingerprint density at radius 1 is 1.43 bits per heavy atom. The SMILES string of the molecule is C/C=C/c1ccccc1C(=O)NOC. The second kappa shape index (κ2) is 5.19. The van der Waals surface area contributed by atoms with Crippen LogP contribution in [0.15, 0.2) is 30.3 Å². The molecular formula is C11H13NO2. The summed E-state index contributed by atoms with van der Waals surface area (Å²) in [6.07, 6.45) is 3.77. The number of benzene rings is 1. The van der Waals surface area contributed by atoms with Crippen LogP contribution in [-0.4, -0.2) is 13.0 Å². The van der Waals surface area contributed by atoms with E-state index in [1.807, 2.05) is 37.3 Å². The van der Waals surface area contributed by atoms with Crippen LogP contribution in [0.3, 0.4) is 0 Å². The first-order chi connectivity index (χ1) is 6.79. The summed E-state index contributed by atoms with van der Waals surface area (Å²) < 4.78 is 0. The third-order valence-corrected chi connectivity index (χ3v) is 1.75. The van der Waals surface area contributed by atoms with Crippen LogP contribution >= 0.6 is 0 Å². The van der Waals surface area contributed by atoms with E-state index in [2.05, 4.69) is 10.3 Å². The van der Waals surface area contributed by atoms with Gasteiger partial charge in [0.15, 0.2) is 0 Å². The number of carbonyl (C=O) groups is 1. The maximum atomic E-state index is 11.5. The quantitative estimate of drug-likeness (QED) is 0.742. The molecule has 0 aliphatic carbocycles. The number of hydroxylamine groups is 1. The lowest BCUT2D eigenvalue weighted by molar-refractivity contribution is 0.0537. The van der Waals surface area contributed by atoms with E-state index in [9.17, 15) is 4.79 Å². The molecular weight excluding hydrogens is 178 g/mol. The predicted octanol–water partition coefficient (Wildman–Crippen LogP) is 2.01. The number of amides is 1.